The molecule has 1 atom stereocenters. The van der Waals surface area contributed by atoms with Gasteiger partial charge in [-0.15, -0.1) is 0 Å². The topological polar surface area (TPSA) is 48.3 Å². The standard InChI is InChI=1S/C12H21N3O2/c1-10-8-15(9-11-4-3-6-17-11)12(14-10)13-5-7-16-2/h8,11H,3-7,9H2,1-2H3,(H,13,14). The van der Waals surface area contributed by atoms with Gasteiger partial charge in [-0.25, -0.2) is 4.98 Å². The number of anilines is 1. The van der Waals surface area contributed by atoms with Crippen LogP contribution in [0.15, 0.2) is 6.20 Å². The molecule has 5 heteroatoms. The Morgan fingerprint density at radius 3 is 3.24 bits per heavy atom. The van der Waals surface area contributed by atoms with Crippen LogP contribution in [0.1, 0.15) is 18.5 Å². The lowest BCUT2D eigenvalue weighted by atomic mass is 10.2. The van der Waals surface area contributed by atoms with Crippen molar-refractivity contribution in [3.05, 3.63) is 11.9 Å². The molecule has 1 aromatic heterocycles. The Bertz CT molecular complexity index is 346. The quantitative estimate of drug-likeness (QED) is 0.763. The fraction of sp³-hybridized carbons (Fsp3) is 0.750. The van der Waals surface area contributed by atoms with Crippen molar-refractivity contribution in [3.8, 4) is 0 Å². The van der Waals surface area contributed by atoms with Crippen molar-refractivity contribution in [2.24, 2.45) is 0 Å². The number of hydrogen-bond acceptors (Lipinski definition) is 4. The second-order valence-electron chi connectivity index (χ2n) is 4.41. The van der Waals surface area contributed by atoms with Gasteiger partial charge in [0, 0.05) is 26.5 Å². The highest BCUT2D eigenvalue weighted by Gasteiger charge is 2.17. The van der Waals surface area contributed by atoms with Gasteiger partial charge >= 0.3 is 0 Å². The van der Waals surface area contributed by atoms with E-state index in [0.717, 1.165) is 37.8 Å². The summed E-state index contributed by atoms with van der Waals surface area (Å²) in [7, 11) is 1.70. The molecule has 0 bridgehead atoms. The number of aromatic nitrogens is 2. The van der Waals surface area contributed by atoms with Gasteiger partial charge in [-0.3, -0.25) is 0 Å². The van der Waals surface area contributed by atoms with Crippen LogP contribution in [0.5, 0.6) is 0 Å². The number of rotatable bonds is 6. The van der Waals surface area contributed by atoms with E-state index in [0.29, 0.717) is 12.7 Å². The van der Waals surface area contributed by atoms with Gasteiger partial charge in [0.2, 0.25) is 5.95 Å². The Morgan fingerprint density at radius 2 is 2.53 bits per heavy atom. The zero-order chi connectivity index (χ0) is 12.1. The van der Waals surface area contributed by atoms with Crippen LogP contribution < -0.4 is 5.32 Å². The molecule has 1 aromatic rings. The van der Waals surface area contributed by atoms with E-state index in [1.54, 1.807) is 7.11 Å². The minimum atomic E-state index is 0.339. The monoisotopic (exact) mass is 239 g/mol. The van der Waals surface area contributed by atoms with Crippen molar-refractivity contribution < 1.29 is 9.47 Å². The summed E-state index contributed by atoms with van der Waals surface area (Å²) in [5.41, 5.74) is 1.03. The first-order valence-electron chi connectivity index (χ1n) is 6.18. The predicted octanol–water partition coefficient (Wildman–Crippen LogP) is 1.43. The van der Waals surface area contributed by atoms with Crippen LogP contribution in [0.25, 0.3) is 0 Å². The third kappa shape index (κ3) is 3.44. The first-order chi connectivity index (χ1) is 8.29. The molecule has 0 aromatic carbocycles. The third-order valence-corrected chi connectivity index (χ3v) is 2.91. The minimum absolute atomic E-state index is 0.339. The molecule has 1 saturated heterocycles. The minimum Gasteiger partial charge on any atom is -0.383 e. The molecule has 0 saturated carbocycles. The Balaban J connectivity index is 1.94. The summed E-state index contributed by atoms with van der Waals surface area (Å²) in [4.78, 5) is 4.47. The molecule has 2 heterocycles. The summed E-state index contributed by atoms with van der Waals surface area (Å²) in [6.07, 6.45) is 4.72. The van der Waals surface area contributed by atoms with Crippen LogP contribution in [0.4, 0.5) is 5.95 Å². The predicted molar refractivity (Wildman–Crippen MR) is 66.3 cm³/mol. The maximum atomic E-state index is 5.65. The van der Waals surface area contributed by atoms with Crippen LogP contribution in [-0.4, -0.2) is 42.5 Å². The van der Waals surface area contributed by atoms with Crippen molar-refractivity contribution in [1.29, 1.82) is 0 Å². The maximum Gasteiger partial charge on any atom is 0.203 e. The highest BCUT2D eigenvalue weighted by Crippen LogP contribution is 2.17. The van der Waals surface area contributed by atoms with E-state index in [1.165, 1.54) is 6.42 Å². The molecule has 0 amide bonds. The molecule has 96 valence electrons. The highest BCUT2D eigenvalue weighted by atomic mass is 16.5. The van der Waals surface area contributed by atoms with Gasteiger partial charge in [0.15, 0.2) is 0 Å². The van der Waals surface area contributed by atoms with Gasteiger partial charge in [-0.1, -0.05) is 0 Å². The first-order valence-corrected chi connectivity index (χ1v) is 6.18. The summed E-state index contributed by atoms with van der Waals surface area (Å²) in [5, 5.41) is 3.28. The lowest BCUT2D eigenvalue weighted by molar-refractivity contribution is 0.0974. The summed E-state index contributed by atoms with van der Waals surface area (Å²) in [6, 6.07) is 0. The lowest BCUT2D eigenvalue weighted by Crippen LogP contribution is -2.18. The average molecular weight is 239 g/mol. The van der Waals surface area contributed by atoms with Crippen LogP contribution in [-0.2, 0) is 16.0 Å². The zero-order valence-corrected chi connectivity index (χ0v) is 10.6. The lowest BCUT2D eigenvalue weighted by Gasteiger charge is -2.13. The van der Waals surface area contributed by atoms with E-state index in [4.69, 9.17) is 9.47 Å². The molecule has 1 unspecified atom stereocenters. The van der Waals surface area contributed by atoms with E-state index in [-0.39, 0.29) is 0 Å². The van der Waals surface area contributed by atoms with Crippen LogP contribution in [0.3, 0.4) is 0 Å². The van der Waals surface area contributed by atoms with E-state index in [9.17, 15) is 0 Å². The molecule has 1 aliphatic heterocycles. The van der Waals surface area contributed by atoms with Crippen molar-refractivity contribution >= 4 is 5.95 Å². The van der Waals surface area contributed by atoms with E-state index in [1.807, 2.05) is 6.92 Å². The molecule has 1 fully saturated rings. The van der Waals surface area contributed by atoms with Gasteiger partial charge in [0.1, 0.15) is 0 Å². The third-order valence-electron chi connectivity index (χ3n) is 2.91. The zero-order valence-electron chi connectivity index (χ0n) is 10.6. The molecule has 1 aliphatic rings. The second kappa shape index (κ2) is 6.02. The summed E-state index contributed by atoms with van der Waals surface area (Å²) < 4.78 is 12.8. The van der Waals surface area contributed by atoms with Crippen molar-refractivity contribution in [3.63, 3.8) is 0 Å². The van der Waals surface area contributed by atoms with Crippen LogP contribution >= 0.6 is 0 Å². The molecule has 0 aliphatic carbocycles. The average Bonchev–Trinajstić information content (AvgIpc) is 2.90. The van der Waals surface area contributed by atoms with Crippen molar-refractivity contribution in [2.75, 3.05) is 32.2 Å². The first kappa shape index (κ1) is 12.4. The molecule has 0 radical (unpaired) electrons. The Morgan fingerprint density at radius 1 is 1.65 bits per heavy atom. The molecule has 2 rings (SSSR count). The van der Waals surface area contributed by atoms with Gasteiger partial charge in [-0.2, -0.15) is 0 Å². The Labute approximate surface area is 102 Å². The summed E-state index contributed by atoms with van der Waals surface area (Å²) >= 11 is 0. The van der Waals surface area contributed by atoms with Gasteiger partial charge < -0.3 is 19.4 Å². The van der Waals surface area contributed by atoms with Crippen molar-refractivity contribution in [2.45, 2.75) is 32.4 Å². The second-order valence-corrected chi connectivity index (χ2v) is 4.41. The molecule has 1 N–H and O–H groups in total. The van der Waals surface area contributed by atoms with Crippen LogP contribution in [0.2, 0.25) is 0 Å². The van der Waals surface area contributed by atoms with E-state index < -0.39 is 0 Å². The van der Waals surface area contributed by atoms with Crippen LogP contribution in [0, 0.1) is 6.92 Å². The molecule has 17 heavy (non-hydrogen) atoms. The largest absolute Gasteiger partial charge is 0.383 e. The Hall–Kier alpha value is -1.07. The number of aryl methyl sites for hydroxylation is 1. The summed E-state index contributed by atoms with van der Waals surface area (Å²) in [6.45, 7) is 5.25. The molecule has 5 nitrogen and oxygen atoms in total. The number of nitrogens with one attached hydrogen (secondary N) is 1. The smallest absolute Gasteiger partial charge is 0.203 e. The number of imidazole rings is 1. The van der Waals surface area contributed by atoms with Gasteiger partial charge in [0.25, 0.3) is 0 Å². The number of hydrogen-bond donors (Lipinski definition) is 1. The molecular weight excluding hydrogens is 218 g/mol. The normalized spacial score (nSPS) is 19.8. The molecular formula is C12H21N3O2. The van der Waals surface area contributed by atoms with E-state index in [2.05, 4.69) is 21.1 Å². The van der Waals surface area contributed by atoms with Gasteiger partial charge in [-0.05, 0) is 19.8 Å². The SMILES string of the molecule is COCCNc1nc(C)cn1CC1CCCO1. The highest BCUT2D eigenvalue weighted by molar-refractivity contribution is 5.28. The van der Waals surface area contributed by atoms with E-state index >= 15 is 0 Å². The number of ether oxygens (including phenoxy) is 2. The fourth-order valence-electron chi connectivity index (χ4n) is 2.10. The number of nitrogens with zero attached hydrogens (tertiary/aromatic N) is 2. The molecule has 0 spiro atoms. The van der Waals surface area contributed by atoms with Crippen molar-refractivity contribution in [1.82, 2.24) is 9.55 Å². The van der Waals surface area contributed by atoms with Gasteiger partial charge in [0.05, 0.1) is 24.9 Å². The Kier molecular flexibility index (Phi) is 4.39. The fourth-order valence-corrected chi connectivity index (χ4v) is 2.10. The maximum absolute atomic E-state index is 5.65. The number of methoxy groups -OCH3 is 1. The summed E-state index contributed by atoms with van der Waals surface area (Å²) in [5.74, 6) is 0.912.